The molecular weight excluding hydrogens is 418 g/mol. The molecule has 0 radical (unpaired) electrons. The number of hydrogen-bond acceptors (Lipinski definition) is 5. The Labute approximate surface area is 181 Å². The van der Waals surface area contributed by atoms with Gasteiger partial charge in [-0.25, -0.2) is 13.1 Å². The van der Waals surface area contributed by atoms with E-state index in [4.69, 9.17) is 0 Å². The van der Waals surface area contributed by atoms with Gasteiger partial charge in [0.25, 0.3) is 5.91 Å². The first-order valence-corrected chi connectivity index (χ1v) is 11.8. The minimum Gasteiger partial charge on any atom is -0.348 e. The van der Waals surface area contributed by atoms with Gasteiger partial charge in [-0.1, -0.05) is 36.4 Å². The second-order valence-electron chi connectivity index (χ2n) is 7.12. The molecule has 0 spiro atoms. The molecule has 1 amide bonds. The predicted molar refractivity (Wildman–Crippen MR) is 120 cm³/mol. The molecule has 3 rings (SSSR count). The third-order valence-electron chi connectivity index (χ3n) is 4.47. The highest BCUT2D eigenvalue weighted by Crippen LogP contribution is 2.15. The average Bonchev–Trinajstić information content (AvgIpc) is 3.25. The van der Waals surface area contributed by atoms with E-state index in [-0.39, 0.29) is 17.3 Å². The standard InChI is InChI=1S/C22H25N3O3S2/c1-25(2)16-19-8-4-3-7-18(19)14-23-22(26)17-9-5-11-21(13-17)30(27,28)24-15-20-10-6-12-29-20/h3-13,24H,14-16H2,1-2H3,(H,23,26). The number of benzene rings is 2. The maximum Gasteiger partial charge on any atom is 0.251 e. The number of carbonyl (C=O) groups excluding carboxylic acids is 1. The largest absolute Gasteiger partial charge is 0.348 e. The minimum absolute atomic E-state index is 0.0692. The van der Waals surface area contributed by atoms with Crippen molar-refractivity contribution >= 4 is 27.3 Å². The van der Waals surface area contributed by atoms with E-state index in [1.165, 1.54) is 23.5 Å². The molecule has 30 heavy (non-hydrogen) atoms. The second kappa shape index (κ2) is 9.99. The summed E-state index contributed by atoms with van der Waals surface area (Å²) in [5.74, 6) is -0.315. The summed E-state index contributed by atoms with van der Waals surface area (Å²) in [6.45, 7) is 1.37. The van der Waals surface area contributed by atoms with Crippen molar-refractivity contribution < 1.29 is 13.2 Å². The Bertz CT molecular complexity index is 1090. The van der Waals surface area contributed by atoms with Crippen molar-refractivity contribution in [3.8, 4) is 0 Å². The number of sulfonamides is 1. The van der Waals surface area contributed by atoms with Crippen LogP contribution in [0.25, 0.3) is 0 Å². The molecule has 158 valence electrons. The van der Waals surface area contributed by atoms with Crippen molar-refractivity contribution in [2.75, 3.05) is 14.1 Å². The highest BCUT2D eigenvalue weighted by Gasteiger charge is 2.16. The van der Waals surface area contributed by atoms with E-state index in [2.05, 4.69) is 14.9 Å². The normalized spacial score (nSPS) is 11.6. The van der Waals surface area contributed by atoms with E-state index in [1.807, 2.05) is 55.9 Å². The Morgan fingerprint density at radius 1 is 0.967 bits per heavy atom. The van der Waals surface area contributed by atoms with Gasteiger partial charge in [0.05, 0.1) is 4.90 Å². The van der Waals surface area contributed by atoms with Crippen molar-refractivity contribution in [1.29, 1.82) is 0 Å². The zero-order valence-electron chi connectivity index (χ0n) is 17.0. The first-order valence-electron chi connectivity index (χ1n) is 9.47. The van der Waals surface area contributed by atoms with Gasteiger partial charge < -0.3 is 10.2 Å². The van der Waals surface area contributed by atoms with Crippen molar-refractivity contribution in [1.82, 2.24) is 14.9 Å². The number of nitrogens with zero attached hydrogens (tertiary/aromatic N) is 1. The number of amides is 1. The molecule has 0 saturated heterocycles. The first-order chi connectivity index (χ1) is 14.3. The van der Waals surface area contributed by atoms with E-state index >= 15 is 0 Å². The molecule has 3 aromatic rings. The van der Waals surface area contributed by atoms with Crippen molar-refractivity contribution in [3.63, 3.8) is 0 Å². The third kappa shape index (κ3) is 5.99. The lowest BCUT2D eigenvalue weighted by molar-refractivity contribution is 0.0950. The minimum atomic E-state index is -3.71. The number of rotatable bonds is 9. The van der Waals surface area contributed by atoms with Gasteiger partial charge >= 0.3 is 0 Å². The Kier molecular flexibility index (Phi) is 7.38. The molecule has 2 N–H and O–H groups in total. The molecule has 0 aliphatic heterocycles. The molecule has 0 saturated carbocycles. The lowest BCUT2D eigenvalue weighted by Gasteiger charge is -2.15. The molecule has 1 aromatic heterocycles. The van der Waals surface area contributed by atoms with Crippen molar-refractivity contribution in [2.24, 2.45) is 0 Å². The van der Waals surface area contributed by atoms with Crippen LogP contribution in [0.15, 0.2) is 70.9 Å². The lowest BCUT2D eigenvalue weighted by atomic mass is 10.1. The third-order valence-corrected chi connectivity index (χ3v) is 6.74. The van der Waals surface area contributed by atoms with Crippen molar-refractivity contribution in [2.45, 2.75) is 24.5 Å². The first kappa shape index (κ1) is 22.2. The van der Waals surface area contributed by atoms with E-state index in [0.29, 0.717) is 12.1 Å². The van der Waals surface area contributed by atoms with E-state index in [1.54, 1.807) is 12.1 Å². The summed E-state index contributed by atoms with van der Waals surface area (Å²) in [5, 5.41) is 4.79. The lowest BCUT2D eigenvalue weighted by Crippen LogP contribution is -2.26. The zero-order valence-corrected chi connectivity index (χ0v) is 18.6. The van der Waals surface area contributed by atoms with E-state index < -0.39 is 10.0 Å². The fourth-order valence-corrected chi connectivity index (χ4v) is 4.76. The SMILES string of the molecule is CN(C)Cc1ccccc1CNC(=O)c1cccc(S(=O)(=O)NCc2cccs2)c1. The summed E-state index contributed by atoms with van der Waals surface area (Å²) >= 11 is 1.48. The number of hydrogen-bond donors (Lipinski definition) is 2. The molecule has 1 heterocycles. The summed E-state index contributed by atoms with van der Waals surface area (Å²) in [4.78, 5) is 15.7. The fourth-order valence-electron chi connectivity index (χ4n) is 2.97. The Morgan fingerprint density at radius 3 is 2.43 bits per heavy atom. The highest BCUT2D eigenvalue weighted by atomic mass is 32.2. The van der Waals surface area contributed by atoms with Crippen LogP contribution >= 0.6 is 11.3 Å². The van der Waals surface area contributed by atoms with Gasteiger partial charge in [0.1, 0.15) is 0 Å². The van der Waals surface area contributed by atoms with Gasteiger partial charge in [-0.2, -0.15) is 0 Å². The molecular formula is C22H25N3O3S2. The summed E-state index contributed by atoms with van der Waals surface area (Å²) in [5.41, 5.74) is 2.47. The number of thiophene rings is 1. The smallest absolute Gasteiger partial charge is 0.251 e. The van der Waals surface area contributed by atoms with Crippen LogP contribution in [0.1, 0.15) is 26.4 Å². The van der Waals surface area contributed by atoms with Crippen molar-refractivity contribution in [3.05, 3.63) is 87.6 Å². The van der Waals surface area contributed by atoms with Gasteiger partial charge in [0.2, 0.25) is 10.0 Å². The summed E-state index contributed by atoms with van der Waals surface area (Å²) in [6.07, 6.45) is 0. The molecule has 0 aliphatic rings. The molecule has 0 unspecified atom stereocenters. The topological polar surface area (TPSA) is 78.5 Å². The molecule has 0 bridgehead atoms. The predicted octanol–water partition coefficient (Wildman–Crippen LogP) is 3.22. The molecule has 6 nitrogen and oxygen atoms in total. The molecule has 8 heteroatoms. The highest BCUT2D eigenvalue weighted by molar-refractivity contribution is 7.89. The maximum absolute atomic E-state index is 12.6. The Morgan fingerprint density at radius 2 is 1.73 bits per heavy atom. The monoisotopic (exact) mass is 443 g/mol. The second-order valence-corrected chi connectivity index (χ2v) is 9.92. The Balaban J connectivity index is 1.67. The van der Waals surface area contributed by atoms with E-state index in [9.17, 15) is 13.2 Å². The van der Waals surface area contributed by atoms with E-state index in [0.717, 1.165) is 22.5 Å². The van der Waals surface area contributed by atoms with Crippen LogP contribution in [0.3, 0.4) is 0 Å². The van der Waals surface area contributed by atoms with Gasteiger partial charge in [0.15, 0.2) is 0 Å². The van der Waals surface area contributed by atoms with Gasteiger partial charge in [-0.3, -0.25) is 4.79 Å². The van der Waals surface area contributed by atoms with Crippen LogP contribution in [-0.2, 0) is 29.7 Å². The van der Waals surface area contributed by atoms with Crippen LogP contribution in [0.5, 0.6) is 0 Å². The van der Waals surface area contributed by atoms with Crippen LogP contribution in [0.2, 0.25) is 0 Å². The summed E-state index contributed by atoms with van der Waals surface area (Å²) < 4.78 is 27.7. The zero-order chi connectivity index (χ0) is 21.6. The molecule has 0 atom stereocenters. The van der Waals surface area contributed by atoms with Crippen LogP contribution in [0, 0.1) is 0 Å². The molecule has 2 aromatic carbocycles. The summed E-state index contributed by atoms with van der Waals surface area (Å²) in [6, 6.07) is 17.7. The Hall–Kier alpha value is -2.52. The van der Waals surface area contributed by atoms with Gasteiger partial charge in [0, 0.05) is 30.1 Å². The van der Waals surface area contributed by atoms with Gasteiger partial charge in [-0.05, 0) is 54.9 Å². The molecule has 0 fully saturated rings. The van der Waals surface area contributed by atoms with Crippen LogP contribution in [0.4, 0.5) is 0 Å². The average molecular weight is 444 g/mol. The number of carbonyl (C=O) groups is 1. The maximum atomic E-state index is 12.6. The van der Waals surface area contributed by atoms with Gasteiger partial charge in [-0.15, -0.1) is 11.3 Å². The summed E-state index contributed by atoms with van der Waals surface area (Å²) in [7, 11) is 0.279. The quantitative estimate of drug-likeness (QED) is 0.532. The van der Waals surface area contributed by atoms with Crippen LogP contribution < -0.4 is 10.0 Å². The number of nitrogens with one attached hydrogen (secondary N) is 2. The van der Waals surface area contributed by atoms with Crippen LogP contribution in [-0.4, -0.2) is 33.3 Å². The fraction of sp³-hybridized carbons (Fsp3) is 0.227. The molecule has 0 aliphatic carbocycles.